The van der Waals surface area contributed by atoms with Crippen LogP contribution in [0.1, 0.15) is 18.0 Å². The number of nitrogens with zero attached hydrogens (tertiary/aromatic N) is 2. The van der Waals surface area contributed by atoms with Crippen LogP contribution in [0.5, 0.6) is 0 Å². The van der Waals surface area contributed by atoms with Crippen LogP contribution < -0.4 is 9.80 Å². The maximum atomic E-state index is 13.3. The van der Waals surface area contributed by atoms with Gasteiger partial charge in [-0.1, -0.05) is 64.5 Å². The van der Waals surface area contributed by atoms with Gasteiger partial charge in [0, 0.05) is 28.8 Å². The number of para-hydroxylation sites is 2. The number of hydrogen-bond acceptors (Lipinski definition) is 6. The van der Waals surface area contributed by atoms with Gasteiger partial charge in [0.25, 0.3) is 0 Å². The van der Waals surface area contributed by atoms with Gasteiger partial charge < -0.3 is 19.3 Å². The molecule has 1 unspecified atom stereocenters. The van der Waals surface area contributed by atoms with Crippen LogP contribution in [0.25, 0.3) is 0 Å². The van der Waals surface area contributed by atoms with Crippen molar-refractivity contribution in [2.75, 3.05) is 37.2 Å². The summed E-state index contributed by atoms with van der Waals surface area (Å²) in [5.41, 5.74) is 1.36. The van der Waals surface area contributed by atoms with Crippen molar-refractivity contribution in [3.05, 3.63) is 95.0 Å². The molecule has 0 aromatic heterocycles. The number of carbonyl (C=O) groups is 2. The van der Waals surface area contributed by atoms with Gasteiger partial charge in [-0.25, -0.2) is 0 Å². The number of esters is 2. The Hall–Kier alpha value is -3.32. The van der Waals surface area contributed by atoms with Gasteiger partial charge in [0.1, 0.15) is 0 Å². The van der Waals surface area contributed by atoms with E-state index >= 15 is 0 Å². The Morgan fingerprint density at radius 3 is 1.88 bits per heavy atom. The summed E-state index contributed by atoms with van der Waals surface area (Å²) in [6, 6.07) is 27.5. The Balaban J connectivity index is 1.92. The molecule has 0 spiro atoms. The van der Waals surface area contributed by atoms with Crippen molar-refractivity contribution in [3.8, 4) is 0 Å². The minimum absolute atomic E-state index is 0.132. The third-order valence-corrected chi connectivity index (χ3v) is 6.85. The van der Waals surface area contributed by atoms with E-state index in [0.29, 0.717) is 6.67 Å². The lowest BCUT2D eigenvalue weighted by molar-refractivity contribution is -0.169. The minimum atomic E-state index is -1.51. The summed E-state index contributed by atoms with van der Waals surface area (Å²) in [5, 5.41) is 0. The molecule has 1 heterocycles. The van der Waals surface area contributed by atoms with Crippen LogP contribution in [-0.4, -0.2) is 39.4 Å². The van der Waals surface area contributed by atoms with Crippen molar-refractivity contribution in [1.82, 2.24) is 0 Å². The zero-order valence-corrected chi connectivity index (χ0v) is 20.8. The van der Waals surface area contributed by atoms with E-state index in [1.165, 1.54) is 14.2 Å². The fraction of sp³-hybridized carbons (Fsp3) is 0.259. The molecule has 3 aromatic rings. The minimum Gasteiger partial charge on any atom is -0.468 e. The molecule has 6 nitrogen and oxygen atoms in total. The average molecular weight is 523 g/mol. The first-order valence-electron chi connectivity index (χ1n) is 11.0. The number of ether oxygens (including phenoxy) is 2. The molecule has 1 aliphatic heterocycles. The first-order chi connectivity index (χ1) is 16.5. The van der Waals surface area contributed by atoms with E-state index in [-0.39, 0.29) is 19.0 Å². The summed E-state index contributed by atoms with van der Waals surface area (Å²) in [5.74, 6) is -1.20. The molecule has 1 atom stereocenters. The maximum absolute atomic E-state index is 13.3. The lowest BCUT2D eigenvalue weighted by atomic mass is 9.79. The van der Waals surface area contributed by atoms with Gasteiger partial charge in [-0.15, -0.1) is 0 Å². The fourth-order valence-electron chi connectivity index (χ4n) is 4.61. The summed E-state index contributed by atoms with van der Waals surface area (Å²) in [6.45, 7) is 0.594. The number of hydrogen-bond donors (Lipinski definition) is 0. The average Bonchev–Trinajstić information content (AvgIpc) is 3.08. The van der Waals surface area contributed by atoms with Crippen molar-refractivity contribution in [3.63, 3.8) is 0 Å². The summed E-state index contributed by atoms with van der Waals surface area (Å²) in [6.07, 6.45) is 0.201. The zero-order chi connectivity index (χ0) is 24.1. The van der Waals surface area contributed by atoms with Crippen molar-refractivity contribution in [2.45, 2.75) is 12.5 Å². The number of methoxy groups -OCH3 is 2. The molecule has 1 fully saturated rings. The third kappa shape index (κ3) is 4.66. The normalized spacial score (nSPS) is 17.6. The van der Waals surface area contributed by atoms with Crippen molar-refractivity contribution in [1.29, 1.82) is 0 Å². The number of carbonyl (C=O) groups excluding carboxylic acids is 2. The van der Waals surface area contributed by atoms with Gasteiger partial charge in [-0.2, -0.15) is 0 Å². The van der Waals surface area contributed by atoms with Crippen LogP contribution in [-0.2, 0) is 19.1 Å². The van der Waals surface area contributed by atoms with Crippen LogP contribution in [0.15, 0.2) is 89.4 Å². The summed E-state index contributed by atoms with van der Waals surface area (Å²) < 4.78 is 11.4. The van der Waals surface area contributed by atoms with Gasteiger partial charge in [0.15, 0.2) is 5.41 Å². The Morgan fingerprint density at radius 2 is 1.35 bits per heavy atom. The molecule has 0 aliphatic carbocycles. The standard InChI is InChI=1S/C27H27BrN2O4/c1-33-25(31)27(26(32)34-2)17-24(20-13-15-21(28)16-14-20)30(23-11-7-4-8-12-23)19-29(18-27)22-9-5-3-6-10-22/h3-16,24H,17-19H2,1-2H3. The highest BCUT2D eigenvalue weighted by molar-refractivity contribution is 9.10. The maximum Gasteiger partial charge on any atom is 0.325 e. The monoisotopic (exact) mass is 522 g/mol. The summed E-state index contributed by atoms with van der Waals surface area (Å²) >= 11 is 3.51. The van der Waals surface area contributed by atoms with Crippen LogP contribution in [0, 0.1) is 5.41 Å². The van der Waals surface area contributed by atoms with E-state index in [1.54, 1.807) is 0 Å². The molecule has 0 radical (unpaired) electrons. The molecule has 1 saturated heterocycles. The smallest absolute Gasteiger partial charge is 0.325 e. The molecule has 3 aromatic carbocycles. The fourth-order valence-corrected chi connectivity index (χ4v) is 4.87. The second-order valence-electron chi connectivity index (χ2n) is 8.32. The van der Waals surface area contributed by atoms with E-state index in [9.17, 15) is 9.59 Å². The zero-order valence-electron chi connectivity index (χ0n) is 19.2. The highest BCUT2D eigenvalue weighted by Crippen LogP contribution is 2.43. The highest BCUT2D eigenvalue weighted by atomic mass is 79.9. The predicted octanol–water partition coefficient (Wildman–Crippen LogP) is 5.20. The van der Waals surface area contributed by atoms with Gasteiger partial charge >= 0.3 is 11.9 Å². The van der Waals surface area contributed by atoms with E-state index in [0.717, 1.165) is 21.4 Å². The third-order valence-electron chi connectivity index (χ3n) is 6.32. The molecule has 4 rings (SSSR count). The highest BCUT2D eigenvalue weighted by Gasteiger charge is 2.54. The first kappa shape index (κ1) is 23.8. The van der Waals surface area contributed by atoms with Crippen LogP contribution in [0.4, 0.5) is 11.4 Å². The Kier molecular flexibility index (Phi) is 7.22. The SMILES string of the molecule is COC(=O)C1(C(=O)OC)CC(c2ccc(Br)cc2)N(c2ccccc2)CN(c2ccccc2)C1. The van der Waals surface area contributed by atoms with Crippen molar-refractivity contribution in [2.24, 2.45) is 5.41 Å². The number of benzene rings is 3. The Labute approximate surface area is 208 Å². The van der Waals surface area contributed by atoms with E-state index in [1.807, 2.05) is 89.8 Å². The molecule has 34 heavy (non-hydrogen) atoms. The van der Waals surface area contributed by atoms with Crippen molar-refractivity contribution < 1.29 is 19.1 Å². The molecular formula is C27H27BrN2O4. The topological polar surface area (TPSA) is 59.1 Å². The van der Waals surface area contributed by atoms with E-state index in [4.69, 9.17) is 9.47 Å². The predicted molar refractivity (Wildman–Crippen MR) is 136 cm³/mol. The van der Waals surface area contributed by atoms with Gasteiger partial charge in [0.05, 0.1) is 26.9 Å². The van der Waals surface area contributed by atoms with Gasteiger partial charge in [0.2, 0.25) is 0 Å². The van der Waals surface area contributed by atoms with Gasteiger partial charge in [-0.05, 0) is 42.0 Å². The van der Waals surface area contributed by atoms with Crippen LogP contribution in [0.3, 0.4) is 0 Å². The number of rotatable bonds is 5. The second-order valence-corrected chi connectivity index (χ2v) is 9.23. The molecule has 0 amide bonds. The largest absolute Gasteiger partial charge is 0.468 e. The van der Waals surface area contributed by atoms with E-state index in [2.05, 4.69) is 20.8 Å². The lowest BCUT2D eigenvalue weighted by Crippen LogP contribution is -2.49. The van der Waals surface area contributed by atoms with Crippen LogP contribution in [0.2, 0.25) is 0 Å². The van der Waals surface area contributed by atoms with Crippen LogP contribution >= 0.6 is 15.9 Å². The molecular weight excluding hydrogens is 496 g/mol. The molecule has 0 bridgehead atoms. The van der Waals surface area contributed by atoms with E-state index < -0.39 is 17.4 Å². The molecule has 0 N–H and O–H groups in total. The van der Waals surface area contributed by atoms with Gasteiger partial charge in [-0.3, -0.25) is 9.59 Å². The lowest BCUT2D eigenvalue weighted by Gasteiger charge is -2.35. The summed E-state index contributed by atoms with van der Waals surface area (Å²) in [4.78, 5) is 30.9. The molecule has 1 aliphatic rings. The molecule has 0 saturated carbocycles. The number of halogens is 1. The Morgan fingerprint density at radius 1 is 0.824 bits per heavy atom. The first-order valence-corrected chi connectivity index (χ1v) is 11.8. The summed E-state index contributed by atoms with van der Waals surface area (Å²) in [7, 11) is 2.63. The molecule has 7 heteroatoms. The second kappa shape index (κ2) is 10.3. The molecule has 176 valence electrons. The van der Waals surface area contributed by atoms with Crippen molar-refractivity contribution >= 4 is 39.2 Å². The number of anilines is 2. The quantitative estimate of drug-likeness (QED) is 0.339. The Bertz CT molecular complexity index is 1110.